The first kappa shape index (κ1) is 15.5. The van der Waals surface area contributed by atoms with Gasteiger partial charge in [0, 0.05) is 18.3 Å². The quantitative estimate of drug-likeness (QED) is 0.904. The molecule has 1 N–H and O–H groups in total. The molecule has 0 saturated heterocycles. The number of anilines is 1. The second-order valence-electron chi connectivity index (χ2n) is 6.26. The minimum absolute atomic E-state index is 0.146. The van der Waals surface area contributed by atoms with E-state index in [0.717, 1.165) is 25.7 Å². The summed E-state index contributed by atoms with van der Waals surface area (Å²) in [4.78, 5) is 14.1. The van der Waals surface area contributed by atoms with Crippen LogP contribution >= 0.6 is 0 Å². The molecular formula is C19H21FN2O. The standard InChI is InChI=1S/C19H21FN2O/c1-22(17-10-8-16(20)9-11-17)18(23)21-19(12-5-13-19)14-15-6-3-2-4-7-15/h2-4,6-11H,5,12-14H2,1H3,(H,21,23). The molecule has 23 heavy (non-hydrogen) atoms. The van der Waals surface area contributed by atoms with E-state index >= 15 is 0 Å². The third kappa shape index (κ3) is 3.52. The molecule has 4 heteroatoms. The predicted octanol–water partition coefficient (Wildman–Crippen LogP) is 4.14. The van der Waals surface area contributed by atoms with Gasteiger partial charge in [0.1, 0.15) is 5.82 Å². The lowest BCUT2D eigenvalue weighted by atomic mass is 9.73. The lowest BCUT2D eigenvalue weighted by Crippen LogP contribution is -2.58. The number of carbonyl (C=O) groups excluding carboxylic acids is 1. The molecule has 0 aliphatic heterocycles. The first-order valence-corrected chi connectivity index (χ1v) is 7.93. The Morgan fingerprint density at radius 1 is 1.13 bits per heavy atom. The van der Waals surface area contributed by atoms with Crippen molar-refractivity contribution < 1.29 is 9.18 Å². The van der Waals surface area contributed by atoms with Crippen LogP contribution < -0.4 is 10.2 Å². The van der Waals surface area contributed by atoms with E-state index in [4.69, 9.17) is 0 Å². The fourth-order valence-electron chi connectivity index (χ4n) is 3.03. The summed E-state index contributed by atoms with van der Waals surface area (Å²) in [6.07, 6.45) is 3.96. The van der Waals surface area contributed by atoms with Gasteiger partial charge < -0.3 is 5.32 Å². The van der Waals surface area contributed by atoms with Crippen LogP contribution in [0.5, 0.6) is 0 Å². The first-order valence-electron chi connectivity index (χ1n) is 7.93. The molecule has 3 rings (SSSR count). The minimum atomic E-state index is -0.304. The van der Waals surface area contributed by atoms with E-state index in [1.807, 2.05) is 18.2 Å². The number of halogens is 1. The van der Waals surface area contributed by atoms with E-state index in [1.54, 1.807) is 19.2 Å². The molecule has 0 radical (unpaired) electrons. The molecule has 1 fully saturated rings. The predicted molar refractivity (Wildman–Crippen MR) is 90.1 cm³/mol. The third-order valence-electron chi connectivity index (χ3n) is 4.59. The van der Waals surface area contributed by atoms with Gasteiger partial charge in [-0.15, -0.1) is 0 Å². The summed E-state index contributed by atoms with van der Waals surface area (Å²) in [5.41, 5.74) is 1.75. The largest absolute Gasteiger partial charge is 0.332 e. The molecule has 1 aliphatic carbocycles. The second-order valence-corrected chi connectivity index (χ2v) is 6.26. The Balaban J connectivity index is 1.68. The summed E-state index contributed by atoms with van der Waals surface area (Å²) in [5, 5.41) is 3.18. The molecule has 0 bridgehead atoms. The Kier molecular flexibility index (Phi) is 4.33. The maximum absolute atomic E-state index is 13.0. The monoisotopic (exact) mass is 312 g/mol. The zero-order chi connectivity index (χ0) is 16.3. The van der Waals surface area contributed by atoms with Crippen LogP contribution in [-0.4, -0.2) is 18.6 Å². The van der Waals surface area contributed by atoms with Gasteiger partial charge in [-0.05, 0) is 55.5 Å². The van der Waals surface area contributed by atoms with Crippen molar-refractivity contribution in [3.63, 3.8) is 0 Å². The molecule has 0 atom stereocenters. The Bertz CT molecular complexity index is 666. The van der Waals surface area contributed by atoms with Gasteiger partial charge in [-0.25, -0.2) is 9.18 Å². The second kappa shape index (κ2) is 6.41. The molecule has 1 aliphatic rings. The van der Waals surface area contributed by atoms with E-state index in [2.05, 4.69) is 17.4 Å². The van der Waals surface area contributed by atoms with Crippen molar-refractivity contribution >= 4 is 11.7 Å². The van der Waals surface area contributed by atoms with Crippen LogP contribution in [0.15, 0.2) is 54.6 Å². The maximum atomic E-state index is 13.0. The number of amides is 2. The van der Waals surface area contributed by atoms with Gasteiger partial charge >= 0.3 is 6.03 Å². The van der Waals surface area contributed by atoms with Gasteiger partial charge in [0.15, 0.2) is 0 Å². The van der Waals surface area contributed by atoms with Gasteiger partial charge in [-0.1, -0.05) is 30.3 Å². The summed E-state index contributed by atoms with van der Waals surface area (Å²) >= 11 is 0. The van der Waals surface area contributed by atoms with Crippen LogP contribution in [0.2, 0.25) is 0 Å². The van der Waals surface area contributed by atoms with Crippen molar-refractivity contribution in [2.24, 2.45) is 0 Å². The van der Waals surface area contributed by atoms with Gasteiger partial charge in [0.25, 0.3) is 0 Å². The van der Waals surface area contributed by atoms with Crippen LogP contribution in [0, 0.1) is 5.82 Å². The number of carbonyl (C=O) groups is 1. The molecule has 2 aromatic carbocycles. The van der Waals surface area contributed by atoms with Crippen LogP contribution in [0.3, 0.4) is 0 Å². The topological polar surface area (TPSA) is 32.3 Å². The Hall–Kier alpha value is -2.36. The number of nitrogens with one attached hydrogen (secondary N) is 1. The van der Waals surface area contributed by atoms with E-state index in [9.17, 15) is 9.18 Å². The lowest BCUT2D eigenvalue weighted by Gasteiger charge is -2.43. The molecule has 0 aromatic heterocycles. The number of rotatable bonds is 4. The molecule has 2 amide bonds. The molecule has 0 spiro atoms. The SMILES string of the molecule is CN(C(=O)NC1(Cc2ccccc2)CCC1)c1ccc(F)cc1. The van der Waals surface area contributed by atoms with E-state index in [1.165, 1.54) is 22.6 Å². The summed E-state index contributed by atoms with van der Waals surface area (Å²) < 4.78 is 13.0. The van der Waals surface area contributed by atoms with Crippen LogP contribution in [0.25, 0.3) is 0 Å². The average molecular weight is 312 g/mol. The zero-order valence-electron chi connectivity index (χ0n) is 13.3. The Morgan fingerprint density at radius 3 is 2.35 bits per heavy atom. The van der Waals surface area contributed by atoms with E-state index < -0.39 is 0 Å². The van der Waals surface area contributed by atoms with Crippen molar-refractivity contribution in [1.29, 1.82) is 0 Å². The Morgan fingerprint density at radius 2 is 1.78 bits per heavy atom. The van der Waals surface area contributed by atoms with Gasteiger partial charge in [0.2, 0.25) is 0 Å². The molecule has 1 saturated carbocycles. The van der Waals surface area contributed by atoms with E-state index in [-0.39, 0.29) is 17.4 Å². The summed E-state index contributed by atoms with van der Waals surface area (Å²) in [5.74, 6) is -0.304. The smallest absolute Gasteiger partial charge is 0.322 e. The first-order chi connectivity index (χ1) is 11.1. The van der Waals surface area contributed by atoms with Crippen LogP contribution in [-0.2, 0) is 6.42 Å². The molecule has 2 aromatic rings. The third-order valence-corrected chi connectivity index (χ3v) is 4.59. The van der Waals surface area contributed by atoms with Crippen molar-refractivity contribution in [2.75, 3.05) is 11.9 Å². The molecule has 0 heterocycles. The summed E-state index contributed by atoms with van der Waals surface area (Å²) in [7, 11) is 1.71. The molecule has 120 valence electrons. The number of hydrogen-bond donors (Lipinski definition) is 1. The van der Waals surface area contributed by atoms with Crippen LogP contribution in [0.4, 0.5) is 14.9 Å². The Labute approximate surface area is 136 Å². The number of urea groups is 1. The number of hydrogen-bond acceptors (Lipinski definition) is 1. The van der Waals surface area contributed by atoms with Crippen molar-refractivity contribution in [1.82, 2.24) is 5.32 Å². The highest BCUT2D eigenvalue weighted by Gasteiger charge is 2.39. The average Bonchev–Trinajstić information content (AvgIpc) is 2.53. The lowest BCUT2D eigenvalue weighted by molar-refractivity contribution is 0.180. The van der Waals surface area contributed by atoms with Gasteiger partial charge in [-0.2, -0.15) is 0 Å². The van der Waals surface area contributed by atoms with Gasteiger partial charge in [0.05, 0.1) is 0 Å². The zero-order valence-corrected chi connectivity index (χ0v) is 13.3. The molecular weight excluding hydrogens is 291 g/mol. The highest BCUT2D eigenvalue weighted by molar-refractivity contribution is 5.91. The summed E-state index contributed by atoms with van der Waals surface area (Å²) in [6.45, 7) is 0. The van der Waals surface area contributed by atoms with Crippen LogP contribution in [0.1, 0.15) is 24.8 Å². The van der Waals surface area contributed by atoms with Crippen molar-refractivity contribution in [3.8, 4) is 0 Å². The van der Waals surface area contributed by atoms with Gasteiger partial charge in [-0.3, -0.25) is 4.90 Å². The summed E-state index contributed by atoms with van der Waals surface area (Å²) in [6, 6.07) is 16.0. The fourth-order valence-corrected chi connectivity index (χ4v) is 3.03. The highest BCUT2D eigenvalue weighted by Crippen LogP contribution is 2.35. The molecule has 3 nitrogen and oxygen atoms in total. The number of nitrogens with zero attached hydrogens (tertiary/aromatic N) is 1. The highest BCUT2D eigenvalue weighted by atomic mass is 19.1. The molecule has 0 unspecified atom stereocenters. The van der Waals surface area contributed by atoms with Crippen molar-refractivity contribution in [2.45, 2.75) is 31.2 Å². The fraction of sp³-hybridized carbons (Fsp3) is 0.316. The van der Waals surface area contributed by atoms with Crippen molar-refractivity contribution in [3.05, 3.63) is 66.0 Å². The normalized spacial score (nSPS) is 15.6. The van der Waals surface area contributed by atoms with E-state index in [0.29, 0.717) is 5.69 Å². The maximum Gasteiger partial charge on any atom is 0.322 e. The number of benzene rings is 2. The minimum Gasteiger partial charge on any atom is -0.332 e.